The van der Waals surface area contributed by atoms with Crippen molar-refractivity contribution in [1.29, 1.82) is 0 Å². The second-order valence-electron chi connectivity index (χ2n) is 4.22. The molecule has 8 nitrogen and oxygen atoms in total. The van der Waals surface area contributed by atoms with Crippen molar-refractivity contribution >= 4 is 12.2 Å². The molecule has 1 aliphatic rings. The number of nitrogens with zero attached hydrogens (tertiary/aromatic N) is 4. The predicted molar refractivity (Wildman–Crippen MR) is 67.3 cm³/mol. The van der Waals surface area contributed by atoms with Gasteiger partial charge >= 0.3 is 5.69 Å². The number of aliphatic hydroxyl groups excluding tert-OH is 1. The third kappa shape index (κ3) is 3.37. The Labute approximate surface area is 109 Å². The van der Waals surface area contributed by atoms with Gasteiger partial charge in [-0.05, 0) is 6.07 Å². The summed E-state index contributed by atoms with van der Waals surface area (Å²) in [5.41, 5.74) is -0.472. The lowest BCUT2D eigenvalue weighted by atomic mass is 10.5. The van der Waals surface area contributed by atoms with Crippen LogP contribution in [-0.2, 0) is 9.47 Å². The second-order valence-corrected chi connectivity index (χ2v) is 4.22. The minimum atomic E-state index is -0.691. The van der Waals surface area contributed by atoms with Gasteiger partial charge in [0, 0.05) is 20.3 Å². The number of rotatable bonds is 4. The summed E-state index contributed by atoms with van der Waals surface area (Å²) < 4.78 is 11.8. The van der Waals surface area contributed by atoms with Crippen molar-refractivity contribution in [3.63, 3.8) is 0 Å². The Kier molecular flexibility index (Phi) is 4.25. The van der Waals surface area contributed by atoms with Gasteiger partial charge in [-0.1, -0.05) is 0 Å². The van der Waals surface area contributed by atoms with Crippen LogP contribution in [0.15, 0.2) is 22.1 Å². The van der Waals surface area contributed by atoms with Gasteiger partial charge in [0.05, 0.1) is 19.6 Å². The Morgan fingerprint density at radius 2 is 2.47 bits per heavy atom. The molecule has 0 aliphatic carbocycles. The molecule has 2 atom stereocenters. The minimum absolute atomic E-state index is 0.202. The lowest BCUT2D eigenvalue weighted by molar-refractivity contribution is -0.0992. The molecule has 0 saturated carbocycles. The maximum atomic E-state index is 11.8. The first-order valence-electron chi connectivity index (χ1n) is 5.78. The number of aliphatic hydroxyl groups is 1. The molecule has 2 rings (SSSR count). The van der Waals surface area contributed by atoms with E-state index in [9.17, 15) is 4.79 Å². The standard InChI is InChI=1S/C11H16N4O4/c1-14(2)7-12-8-3-4-15(11(17)13-8)9-6-18-10(5-16)19-9/h3-4,7,9-10,16H,5-6H2,1-2H3/t9-,10?/m0/s1. The molecular weight excluding hydrogens is 252 g/mol. The molecule has 1 aliphatic heterocycles. The maximum Gasteiger partial charge on any atom is 0.351 e. The van der Waals surface area contributed by atoms with E-state index in [4.69, 9.17) is 14.6 Å². The van der Waals surface area contributed by atoms with Crippen LogP contribution in [0.25, 0.3) is 0 Å². The summed E-state index contributed by atoms with van der Waals surface area (Å²) >= 11 is 0. The second kappa shape index (κ2) is 5.91. The van der Waals surface area contributed by atoms with Gasteiger partial charge in [0.1, 0.15) is 0 Å². The Morgan fingerprint density at radius 3 is 3.05 bits per heavy atom. The first-order valence-corrected chi connectivity index (χ1v) is 5.78. The molecule has 1 unspecified atom stereocenters. The van der Waals surface area contributed by atoms with E-state index in [1.54, 1.807) is 23.5 Å². The lowest BCUT2D eigenvalue weighted by Crippen LogP contribution is -2.28. The van der Waals surface area contributed by atoms with Crippen LogP contribution >= 0.6 is 0 Å². The number of hydrogen-bond acceptors (Lipinski definition) is 6. The van der Waals surface area contributed by atoms with Crippen molar-refractivity contribution in [3.8, 4) is 0 Å². The number of hydrogen-bond donors (Lipinski definition) is 1. The van der Waals surface area contributed by atoms with Gasteiger partial charge in [0.15, 0.2) is 18.3 Å². The highest BCUT2D eigenvalue weighted by Crippen LogP contribution is 2.19. The van der Waals surface area contributed by atoms with E-state index in [0.29, 0.717) is 5.82 Å². The van der Waals surface area contributed by atoms with E-state index in [-0.39, 0.29) is 13.2 Å². The van der Waals surface area contributed by atoms with Crippen LogP contribution in [-0.4, -0.2) is 59.5 Å². The van der Waals surface area contributed by atoms with Gasteiger partial charge in [-0.2, -0.15) is 4.98 Å². The molecule has 1 fully saturated rings. The van der Waals surface area contributed by atoms with Crippen LogP contribution < -0.4 is 5.69 Å². The fourth-order valence-electron chi connectivity index (χ4n) is 1.55. The summed E-state index contributed by atoms with van der Waals surface area (Å²) in [5, 5.41) is 8.89. The summed E-state index contributed by atoms with van der Waals surface area (Å²) in [6.07, 6.45) is 1.85. The van der Waals surface area contributed by atoms with Crippen molar-refractivity contribution in [2.45, 2.75) is 12.5 Å². The molecule has 8 heteroatoms. The zero-order valence-corrected chi connectivity index (χ0v) is 10.8. The Hall–Kier alpha value is -1.77. The van der Waals surface area contributed by atoms with E-state index in [1.807, 2.05) is 14.1 Å². The maximum absolute atomic E-state index is 11.8. The van der Waals surface area contributed by atoms with Gasteiger partial charge in [-0.3, -0.25) is 4.57 Å². The van der Waals surface area contributed by atoms with Gasteiger partial charge < -0.3 is 19.5 Å². The SMILES string of the molecule is CN(C)C=Nc1ccn([C@@H]2COC(CO)O2)c(=O)n1. The summed E-state index contributed by atoms with van der Waals surface area (Å²) in [4.78, 5) is 21.4. The monoisotopic (exact) mass is 268 g/mol. The Morgan fingerprint density at radius 1 is 1.68 bits per heavy atom. The smallest absolute Gasteiger partial charge is 0.351 e. The molecule has 0 amide bonds. The molecule has 19 heavy (non-hydrogen) atoms. The third-order valence-corrected chi connectivity index (χ3v) is 2.43. The van der Waals surface area contributed by atoms with Crippen molar-refractivity contribution in [2.24, 2.45) is 4.99 Å². The highest BCUT2D eigenvalue weighted by molar-refractivity contribution is 5.58. The quantitative estimate of drug-likeness (QED) is 0.575. The zero-order chi connectivity index (χ0) is 13.8. The first kappa shape index (κ1) is 13.7. The average molecular weight is 268 g/mol. The highest BCUT2D eigenvalue weighted by Gasteiger charge is 2.27. The Bertz CT molecular complexity index is 514. The molecule has 104 valence electrons. The third-order valence-electron chi connectivity index (χ3n) is 2.43. The van der Waals surface area contributed by atoms with Gasteiger partial charge in [0.2, 0.25) is 0 Å². The molecule has 0 bridgehead atoms. The van der Waals surface area contributed by atoms with Crippen molar-refractivity contribution in [3.05, 3.63) is 22.7 Å². The molecule has 1 aromatic heterocycles. The van der Waals surface area contributed by atoms with E-state index in [2.05, 4.69) is 9.98 Å². The number of aliphatic imine (C=N–C) groups is 1. The fourth-order valence-corrected chi connectivity index (χ4v) is 1.55. The van der Waals surface area contributed by atoms with Crippen LogP contribution in [0.3, 0.4) is 0 Å². The Balaban J connectivity index is 2.14. The largest absolute Gasteiger partial charge is 0.391 e. The minimum Gasteiger partial charge on any atom is -0.391 e. The van der Waals surface area contributed by atoms with Crippen molar-refractivity contribution in [2.75, 3.05) is 27.3 Å². The average Bonchev–Trinajstić information content (AvgIpc) is 2.85. The van der Waals surface area contributed by atoms with Crippen LogP contribution in [0.2, 0.25) is 0 Å². The zero-order valence-electron chi connectivity index (χ0n) is 10.8. The fraction of sp³-hybridized carbons (Fsp3) is 0.545. The van der Waals surface area contributed by atoms with E-state index in [1.165, 1.54) is 4.57 Å². The van der Waals surface area contributed by atoms with Crippen LogP contribution in [0.1, 0.15) is 6.23 Å². The summed E-state index contributed by atoms with van der Waals surface area (Å²) in [6.45, 7) is -0.0446. The number of aromatic nitrogens is 2. The molecule has 1 saturated heterocycles. The lowest BCUT2D eigenvalue weighted by Gasteiger charge is -2.11. The van der Waals surface area contributed by atoms with Crippen molar-refractivity contribution in [1.82, 2.24) is 14.5 Å². The molecular formula is C11H16N4O4. The molecule has 2 heterocycles. The summed E-state index contributed by atoms with van der Waals surface area (Å²) in [7, 11) is 3.65. The van der Waals surface area contributed by atoms with E-state index in [0.717, 1.165) is 0 Å². The van der Waals surface area contributed by atoms with Gasteiger partial charge in [-0.25, -0.2) is 9.79 Å². The van der Waals surface area contributed by atoms with Gasteiger partial charge in [0.25, 0.3) is 0 Å². The normalized spacial score (nSPS) is 23.1. The molecule has 0 spiro atoms. The van der Waals surface area contributed by atoms with E-state index < -0.39 is 18.2 Å². The molecule has 1 N–H and O–H groups in total. The predicted octanol–water partition coefficient (Wildman–Crippen LogP) is -0.671. The summed E-state index contributed by atoms with van der Waals surface area (Å²) in [6, 6.07) is 1.61. The highest BCUT2D eigenvalue weighted by atomic mass is 16.7. The first-order chi connectivity index (χ1) is 9.10. The topological polar surface area (TPSA) is 89.2 Å². The van der Waals surface area contributed by atoms with Crippen LogP contribution in [0.4, 0.5) is 5.82 Å². The number of ether oxygens (including phenoxy) is 2. The van der Waals surface area contributed by atoms with Gasteiger partial charge in [-0.15, -0.1) is 0 Å². The molecule has 0 radical (unpaired) electrons. The van der Waals surface area contributed by atoms with Crippen molar-refractivity contribution < 1.29 is 14.6 Å². The molecule has 1 aromatic rings. The molecule has 0 aromatic carbocycles. The van der Waals surface area contributed by atoms with E-state index >= 15 is 0 Å². The van der Waals surface area contributed by atoms with Crippen LogP contribution in [0.5, 0.6) is 0 Å². The summed E-state index contributed by atoms with van der Waals surface area (Å²) in [5.74, 6) is 0.326. The van der Waals surface area contributed by atoms with Crippen LogP contribution in [0, 0.1) is 0 Å².